The minimum Gasteiger partial charge on any atom is -0.493 e. The van der Waals surface area contributed by atoms with E-state index in [0.717, 1.165) is 11.1 Å². The van der Waals surface area contributed by atoms with Crippen molar-refractivity contribution in [3.8, 4) is 23.0 Å². The Hall–Kier alpha value is -3.42. The van der Waals surface area contributed by atoms with E-state index in [0.29, 0.717) is 42.4 Å². The minimum absolute atomic E-state index is 0.0225. The Bertz CT molecular complexity index is 989. The SMILES string of the molecule is COc1ccc(C[C@H]2COC(=O)[C@@H]2Cc2ccc(OC(=O)NC(C)C)c(OC)c2)cc1OC. The first kappa shape index (κ1) is 24.2. The Balaban J connectivity index is 1.73. The van der Waals surface area contributed by atoms with Crippen LogP contribution in [0.2, 0.25) is 0 Å². The van der Waals surface area contributed by atoms with Gasteiger partial charge >= 0.3 is 12.1 Å². The van der Waals surface area contributed by atoms with E-state index in [2.05, 4.69) is 5.32 Å². The predicted octanol–water partition coefficient (Wildman–Crippen LogP) is 3.78. The number of cyclic esters (lactones) is 1. The fourth-order valence-electron chi connectivity index (χ4n) is 3.91. The van der Waals surface area contributed by atoms with E-state index in [4.69, 9.17) is 23.7 Å². The molecule has 1 saturated heterocycles. The van der Waals surface area contributed by atoms with Crippen molar-refractivity contribution in [1.82, 2.24) is 5.32 Å². The van der Waals surface area contributed by atoms with Gasteiger partial charge in [0.25, 0.3) is 0 Å². The van der Waals surface area contributed by atoms with Gasteiger partial charge in [-0.2, -0.15) is 0 Å². The van der Waals surface area contributed by atoms with Gasteiger partial charge in [0.1, 0.15) is 0 Å². The van der Waals surface area contributed by atoms with E-state index >= 15 is 0 Å². The molecule has 1 heterocycles. The van der Waals surface area contributed by atoms with Crippen LogP contribution in [-0.2, 0) is 22.4 Å². The number of esters is 1. The number of carbonyl (C=O) groups is 2. The average molecular weight is 458 g/mol. The largest absolute Gasteiger partial charge is 0.493 e. The number of benzene rings is 2. The average Bonchev–Trinajstić information content (AvgIpc) is 3.12. The van der Waals surface area contributed by atoms with Crippen LogP contribution >= 0.6 is 0 Å². The quantitative estimate of drug-likeness (QED) is 0.573. The van der Waals surface area contributed by atoms with Crippen LogP contribution < -0.4 is 24.3 Å². The van der Waals surface area contributed by atoms with E-state index in [1.807, 2.05) is 38.1 Å². The van der Waals surface area contributed by atoms with Gasteiger partial charge in [0, 0.05) is 12.0 Å². The van der Waals surface area contributed by atoms with Crippen molar-refractivity contribution < 1.29 is 33.3 Å². The van der Waals surface area contributed by atoms with Crippen molar-refractivity contribution in [2.45, 2.75) is 32.7 Å². The molecule has 33 heavy (non-hydrogen) atoms. The molecule has 8 nitrogen and oxygen atoms in total. The van der Waals surface area contributed by atoms with Crippen LogP contribution in [0.5, 0.6) is 23.0 Å². The zero-order valence-corrected chi connectivity index (χ0v) is 19.7. The van der Waals surface area contributed by atoms with Crippen molar-refractivity contribution in [2.75, 3.05) is 27.9 Å². The van der Waals surface area contributed by atoms with Crippen LogP contribution in [0.3, 0.4) is 0 Å². The maximum atomic E-state index is 12.5. The van der Waals surface area contributed by atoms with Gasteiger partial charge in [-0.15, -0.1) is 0 Å². The van der Waals surface area contributed by atoms with Gasteiger partial charge in [0.2, 0.25) is 0 Å². The number of hydrogen-bond donors (Lipinski definition) is 1. The number of carbonyl (C=O) groups excluding carboxylic acids is 2. The molecule has 1 fully saturated rings. The lowest BCUT2D eigenvalue weighted by molar-refractivity contribution is -0.141. The molecule has 0 radical (unpaired) electrons. The standard InChI is InChI=1S/C25H31NO7/c1-15(2)26-25(28)33-21-9-7-17(13-23(21)31-5)11-19-18(14-32-24(19)27)10-16-6-8-20(29-3)22(12-16)30-4/h6-9,12-13,15,18-19H,10-11,14H2,1-5H3,(H,26,28)/t18-,19+/m0/s1. The fraction of sp³-hybridized carbons (Fsp3) is 0.440. The number of methoxy groups -OCH3 is 3. The summed E-state index contributed by atoms with van der Waals surface area (Å²) in [5.41, 5.74) is 1.93. The van der Waals surface area contributed by atoms with Crippen LogP contribution in [-0.4, -0.2) is 46.0 Å². The van der Waals surface area contributed by atoms with Gasteiger partial charge in [-0.3, -0.25) is 4.79 Å². The lowest BCUT2D eigenvalue weighted by Crippen LogP contribution is -2.32. The molecule has 2 aromatic rings. The molecular formula is C25H31NO7. The number of amides is 1. The Morgan fingerprint density at radius 3 is 2.12 bits per heavy atom. The molecule has 1 aliphatic rings. The summed E-state index contributed by atoms with van der Waals surface area (Å²) < 4.78 is 26.8. The Kier molecular flexibility index (Phi) is 8.03. The Labute approximate surface area is 194 Å². The van der Waals surface area contributed by atoms with E-state index in [9.17, 15) is 9.59 Å². The first-order valence-electron chi connectivity index (χ1n) is 10.9. The first-order chi connectivity index (χ1) is 15.8. The maximum Gasteiger partial charge on any atom is 0.412 e. The van der Waals surface area contributed by atoms with Gasteiger partial charge < -0.3 is 29.0 Å². The summed E-state index contributed by atoms with van der Waals surface area (Å²) >= 11 is 0. The molecule has 3 rings (SSSR count). The highest BCUT2D eigenvalue weighted by atomic mass is 16.6. The van der Waals surface area contributed by atoms with Crippen molar-refractivity contribution >= 4 is 12.1 Å². The van der Waals surface area contributed by atoms with Crippen LogP contribution in [0.4, 0.5) is 4.79 Å². The monoisotopic (exact) mass is 457 g/mol. The number of hydrogen-bond acceptors (Lipinski definition) is 7. The van der Waals surface area contributed by atoms with Crippen molar-refractivity contribution in [3.63, 3.8) is 0 Å². The maximum absolute atomic E-state index is 12.5. The molecule has 1 N–H and O–H groups in total. The van der Waals surface area contributed by atoms with Gasteiger partial charge in [-0.05, 0) is 62.1 Å². The highest BCUT2D eigenvalue weighted by molar-refractivity contribution is 5.75. The molecule has 8 heteroatoms. The highest BCUT2D eigenvalue weighted by Gasteiger charge is 2.37. The normalized spacial score (nSPS) is 17.5. The van der Waals surface area contributed by atoms with Crippen LogP contribution in [0.15, 0.2) is 36.4 Å². The number of ether oxygens (including phenoxy) is 5. The van der Waals surface area contributed by atoms with Crippen molar-refractivity contribution in [3.05, 3.63) is 47.5 Å². The fourth-order valence-corrected chi connectivity index (χ4v) is 3.91. The van der Waals surface area contributed by atoms with Gasteiger partial charge in [-0.25, -0.2) is 4.79 Å². The van der Waals surface area contributed by atoms with Gasteiger partial charge in [-0.1, -0.05) is 12.1 Å². The number of nitrogens with one attached hydrogen (secondary N) is 1. The van der Waals surface area contributed by atoms with Crippen molar-refractivity contribution in [2.24, 2.45) is 11.8 Å². The first-order valence-corrected chi connectivity index (χ1v) is 10.9. The molecular weight excluding hydrogens is 426 g/mol. The zero-order chi connectivity index (χ0) is 24.0. The summed E-state index contributed by atoms with van der Waals surface area (Å²) in [6.07, 6.45) is 0.612. The van der Waals surface area contributed by atoms with Gasteiger partial charge in [0.15, 0.2) is 23.0 Å². The third-order valence-electron chi connectivity index (χ3n) is 5.55. The summed E-state index contributed by atoms with van der Waals surface area (Å²) in [5.74, 6) is 1.57. The Morgan fingerprint density at radius 1 is 0.939 bits per heavy atom. The molecule has 1 aliphatic heterocycles. The van der Waals surface area contributed by atoms with Gasteiger partial charge in [0.05, 0.1) is 33.9 Å². The molecule has 0 saturated carbocycles. The van der Waals surface area contributed by atoms with E-state index in [-0.39, 0.29) is 23.8 Å². The second-order valence-corrected chi connectivity index (χ2v) is 8.27. The molecule has 2 aromatic carbocycles. The molecule has 1 amide bonds. The third-order valence-corrected chi connectivity index (χ3v) is 5.55. The summed E-state index contributed by atoms with van der Waals surface area (Å²) in [4.78, 5) is 24.4. The number of rotatable bonds is 9. The summed E-state index contributed by atoms with van der Waals surface area (Å²) in [6, 6.07) is 11.0. The summed E-state index contributed by atoms with van der Waals surface area (Å²) in [7, 11) is 4.70. The van der Waals surface area contributed by atoms with E-state index < -0.39 is 6.09 Å². The topological polar surface area (TPSA) is 92.3 Å². The van der Waals surface area contributed by atoms with E-state index in [1.165, 1.54) is 7.11 Å². The molecule has 2 atom stereocenters. The lowest BCUT2D eigenvalue weighted by Gasteiger charge is -2.17. The van der Waals surface area contributed by atoms with Crippen LogP contribution in [0.1, 0.15) is 25.0 Å². The predicted molar refractivity (Wildman–Crippen MR) is 122 cm³/mol. The molecule has 0 unspecified atom stereocenters. The molecule has 178 valence electrons. The lowest BCUT2D eigenvalue weighted by atomic mass is 9.85. The molecule has 0 spiro atoms. The summed E-state index contributed by atoms with van der Waals surface area (Å²) in [5, 5.41) is 2.67. The molecule has 0 aliphatic carbocycles. The minimum atomic E-state index is -0.551. The second-order valence-electron chi connectivity index (χ2n) is 8.27. The van der Waals surface area contributed by atoms with Crippen molar-refractivity contribution in [1.29, 1.82) is 0 Å². The zero-order valence-electron chi connectivity index (χ0n) is 19.7. The van der Waals surface area contributed by atoms with E-state index in [1.54, 1.807) is 26.4 Å². The third kappa shape index (κ3) is 6.09. The molecule has 0 bridgehead atoms. The second kappa shape index (κ2) is 10.9. The smallest absolute Gasteiger partial charge is 0.412 e. The van der Waals surface area contributed by atoms with Crippen LogP contribution in [0.25, 0.3) is 0 Å². The Morgan fingerprint density at radius 2 is 1.52 bits per heavy atom. The molecule has 0 aromatic heterocycles. The van der Waals surface area contributed by atoms with Crippen LogP contribution in [0, 0.1) is 11.8 Å². The summed E-state index contributed by atoms with van der Waals surface area (Å²) in [6.45, 7) is 4.06. The highest BCUT2D eigenvalue weighted by Crippen LogP contribution is 2.35.